The molecule has 0 fully saturated rings. The molecule has 0 aromatic heterocycles. The van der Waals surface area contributed by atoms with Crippen molar-refractivity contribution in [3.05, 3.63) is 34.4 Å². The van der Waals surface area contributed by atoms with Crippen LogP contribution in [0.25, 0.3) is 0 Å². The molecular weight excluding hydrogens is 324 g/mol. The predicted molar refractivity (Wildman–Crippen MR) is 37.3 cm³/mol. The second kappa shape index (κ2) is 7.98. The summed E-state index contributed by atoms with van der Waals surface area (Å²) in [5.74, 6) is 0.371. The first-order valence-electron chi connectivity index (χ1n) is 2.86. The van der Waals surface area contributed by atoms with E-state index < -0.39 is 4.92 Å². The van der Waals surface area contributed by atoms with Gasteiger partial charge in [0.1, 0.15) is 0 Å². The van der Waals surface area contributed by atoms with Crippen LogP contribution in [0.3, 0.4) is 0 Å². The van der Waals surface area contributed by atoms with Crippen LogP contribution in [0.15, 0.2) is 12.1 Å². The maximum absolute atomic E-state index is 10.1. The van der Waals surface area contributed by atoms with Gasteiger partial charge in [-0.25, -0.2) is 12.1 Å². The normalized spacial score (nSPS) is 7.77. The van der Waals surface area contributed by atoms with E-state index in [9.17, 15) is 10.1 Å². The van der Waals surface area contributed by atoms with Crippen molar-refractivity contribution in [1.29, 1.82) is 0 Å². The molecule has 1 aromatic rings. The summed E-state index contributed by atoms with van der Waals surface area (Å²) >= 11 is 0. The second-order valence-corrected chi connectivity index (χ2v) is 1.79. The zero-order chi connectivity index (χ0) is 8.27. The summed E-state index contributed by atoms with van der Waals surface area (Å²) in [4.78, 5) is 9.62. The van der Waals surface area contributed by atoms with Crippen molar-refractivity contribution >= 4 is 5.69 Å². The van der Waals surface area contributed by atoms with Crippen LogP contribution in [0, 0.1) is 22.2 Å². The Morgan fingerprint density at radius 2 is 1.85 bits per heavy atom. The summed E-state index contributed by atoms with van der Waals surface area (Å²) in [6.45, 7) is 0. The zero-order valence-electron chi connectivity index (χ0n) is 6.98. The van der Waals surface area contributed by atoms with E-state index >= 15 is 0 Å². The molecule has 0 aliphatic rings. The van der Waals surface area contributed by atoms with Gasteiger partial charge in [-0.05, 0) is 0 Å². The summed E-state index contributed by atoms with van der Waals surface area (Å²) in [6.07, 6.45) is 0. The van der Waals surface area contributed by atoms with Crippen molar-refractivity contribution in [3.8, 4) is 5.75 Å². The number of nitrogens with zero attached hydrogens (tertiary/aromatic N) is 1. The van der Waals surface area contributed by atoms with E-state index in [0.717, 1.165) is 0 Å². The van der Waals surface area contributed by atoms with E-state index in [4.69, 9.17) is 4.74 Å². The van der Waals surface area contributed by atoms with Gasteiger partial charge in [-0.1, -0.05) is 4.92 Å². The third kappa shape index (κ3) is 5.16. The van der Waals surface area contributed by atoms with Gasteiger partial charge in [0.2, 0.25) is 0 Å². The summed E-state index contributed by atoms with van der Waals surface area (Å²) in [5.41, 5.74) is -0.0363. The SMILES string of the molecule is COc1[c-]cc([N+](=O)[O-])c[c-]1.[Y].[Y]. The molecule has 2 radical (unpaired) electrons. The molecule has 0 amide bonds. The Kier molecular flexibility index (Phi) is 9.87. The van der Waals surface area contributed by atoms with Gasteiger partial charge >= 0.3 is 0 Å². The van der Waals surface area contributed by atoms with Gasteiger partial charge in [-0.2, -0.15) is 0 Å². The Bertz CT molecular complexity index is 263. The van der Waals surface area contributed by atoms with E-state index in [1.807, 2.05) is 0 Å². The maximum atomic E-state index is 10.1. The van der Waals surface area contributed by atoms with Crippen LogP contribution in [-0.4, -0.2) is 12.0 Å². The van der Waals surface area contributed by atoms with Crippen molar-refractivity contribution in [2.75, 3.05) is 7.11 Å². The van der Waals surface area contributed by atoms with Crippen molar-refractivity contribution in [3.63, 3.8) is 0 Å². The number of rotatable bonds is 2. The Balaban J connectivity index is 0. The van der Waals surface area contributed by atoms with Gasteiger partial charge in [0.15, 0.2) is 0 Å². The minimum atomic E-state index is -0.508. The summed E-state index contributed by atoms with van der Waals surface area (Å²) in [6, 6.07) is 7.59. The van der Waals surface area contributed by atoms with E-state index in [-0.39, 0.29) is 71.1 Å². The topological polar surface area (TPSA) is 52.4 Å². The molecule has 6 heteroatoms. The fourth-order valence-corrected chi connectivity index (χ4v) is 0.586. The molecular formula is C7H5NO3Y2-2. The molecule has 4 nitrogen and oxygen atoms in total. The molecule has 0 heterocycles. The molecule has 0 atom stereocenters. The molecule has 0 unspecified atom stereocenters. The van der Waals surface area contributed by atoms with Gasteiger partial charge in [0.05, 0.1) is 7.11 Å². The smallest absolute Gasteiger partial charge is 0.0714 e. The Labute approximate surface area is 126 Å². The summed E-state index contributed by atoms with van der Waals surface area (Å²) in [5, 5.41) is 10.1. The molecule has 0 aliphatic carbocycles. The third-order valence-electron chi connectivity index (χ3n) is 1.12. The molecule has 0 bridgehead atoms. The van der Waals surface area contributed by atoms with Crippen molar-refractivity contribution in [2.45, 2.75) is 0 Å². The minimum Gasteiger partial charge on any atom is -0.547 e. The average Bonchev–Trinajstić information content (AvgIpc) is 2.05. The first-order valence-corrected chi connectivity index (χ1v) is 2.86. The largest absolute Gasteiger partial charge is 0.547 e. The number of hydrogen-bond donors (Lipinski definition) is 0. The third-order valence-corrected chi connectivity index (χ3v) is 1.12. The number of non-ortho nitro benzene ring substituents is 1. The summed E-state index contributed by atoms with van der Waals surface area (Å²) < 4.78 is 4.72. The average molecular weight is 329 g/mol. The zero-order valence-corrected chi connectivity index (χ0v) is 12.7. The first-order chi connectivity index (χ1) is 5.24. The van der Waals surface area contributed by atoms with E-state index in [2.05, 4.69) is 12.1 Å². The first kappa shape index (κ1) is 16.1. The van der Waals surface area contributed by atoms with Crippen LogP contribution >= 0.6 is 0 Å². The molecule has 0 N–H and O–H groups in total. The quantitative estimate of drug-likeness (QED) is 0.465. The Morgan fingerprint density at radius 1 is 1.38 bits per heavy atom. The van der Waals surface area contributed by atoms with Crippen LogP contribution in [0.5, 0.6) is 5.75 Å². The van der Waals surface area contributed by atoms with Gasteiger partial charge in [0.25, 0.3) is 0 Å². The number of benzene rings is 1. The molecule has 0 spiro atoms. The van der Waals surface area contributed by atoms with Gasteiger partial charge in [-0.15, -0.1) is 5.75 Å². The van der Waals surface area contributed by atoms with Crippen LogP contribution < -0.4 is 4.74 Å². The number of ether oxygens (including phenoxy) is 1. The number of nitro benzene ring substituents is 1. The molecule has 1 aromatic carbocycles. The molecule has 0 saturated heterocycles. The predicted octanol–water partition coefficient (Wildman–Crippen LogP) is 1.20. The van der Waals surface area contributed by atoms with Crippen LogP contribution in [0.4, 0.5) is 5.69 Å². The fourth-order valence-electron chi connectivity index (χ4n) is 0.586. The van der Waals surface area contributed by atoms with E-state index in [1.54, 1.807) is 0 Å². The minimum absolute atomic E-state index is 0. The van der Waals surface area contributed by atoms with Gasteiger partial charge in [-0.3, -0.25) is 10.1 Å². The van der Waals surface area contributed by atoms with Crippen molar-refractivity contribution < 1.29 is 75.1 Å². The number of nitro groups is 1. The number of hydrogen-bond acceptors (Lipinski definition) is 3. The molecule has 64 valence electrons. The van der Waals surface area contributed by atoms with Gasteiger partial charge in [0, 0.05) is 71.1 Å². The van der Waals surface area contributed by atoms with E-state index in [0.29, 0.717) is 5.75 Å². The van der Waals surface area contributed by atoms with Crippen LogP contribution in [0.1, 0.15) is 0 Å². The number of methoxy groups -OCH3 is 1. The Hall–Kier alpha value is 0.628. The van der Waals surface area contributed by atoms with E-state index in [1.165, 1.54) is 19.2 Å². The Morgan fingerprint density at radius 3 is 2.15 bits per heavy atom. The van der Waals surface area contributed by atoms with Crippen LogP contribution in [0.2, 0.25) is 0 Å². The van der Waals surface area contributed by atoms with Crippen molar-refractivity contribution in [1.82, 2.24) is 0 Å². The molecule has 0 aliphatic heterocycles. The standard InChI is InChI=1S/C7H5NO3.2Y/c1-11-7-4-2-6(3-5-7)8(9)10;;/h2-3H,1H3;;/q-2;;. The molecule has 0 saturated carbocycles. The second-order valence-electron chi connectivity index (χ2n) is 1.79. The fraction of sp³-hybridized carbons (Fsp3) is 0.143. The van der Waals surface area contributed by atoms with Gasteiger partial charge < -0.3 is 16.9 Å². The van der Waals surface area contributed by atoms with Crippen molar-refractivity contribution in [2.24, 2.45) is 0 Å². The molecule has 13 heavy (non-hydrogen) atoms. The molecule has 1 rings (SSSR count). The maximum Gasteiger partial charge on any atom is 0.0714 e. The monoisotopic (exact) mass is 329 g/mol. The summed E-state index contributed by atoms with van der Waals surface area (Å²) in [7, 11) is 1.45. The van der Waals surface area contributed by atoms with Crippen LogP contribution in [-0.2, 0) is 65.4 Å².